The molecule has 0 aliphatic carbocycles. The highest BCUT2D eigenvalue weighted by molar-refractivity contribution is 5.94. The number of halogens is 2. The van der Waals surface area contributed by atoms with E-state index < -0.39 is 16.6 Å². The first-order valence-corrected chi connectivity index (χ1v) is 8.98. The van der Waals surface area contributed by atoms with Gasteiger partial charge in [-0.25, -0.2) is 8.78 Å². The average Bonchev–Trinajstić information content (AvgIpc) is 2.64. The third-order valence-corrected chi connectivity index (χ3v) is 5.09. The zero-order valence-electron chi connectivity index (χ0n) is 15.7. The van der Waals surface area contributed by atoms with E-state index in [9.17, 15) is 23.7 Å². The molecule has 0 spiro atoms. The Kier molecular flexibility index (Phi) is 5.69. The van der Waals surface area contributed by atoms with Crippen LogP contribution in [0.3, 0.4) is 0 Å². The van der Waals surface area contributed by atoms with Crippen LogP contribution in [0.2, 0.25) is 0 Å². The molecule has 0 bridgehead atoms. The number of carbonyl (C=O) groups is 1. The lowest BCUT2D eigenvalue weighted by Crippen LogP contribution is -2.53. The monoisotopic (exact) mass is 389 g/mol. The van der Waals surface area contributed by atoms with Gasteiger partial charge in [0, 0.05) is 43.3 Å². The molecule has 3 rings (SSSR count). The second-order valence-corrected chi connectivity index (χ2v) is 7.06. The Morgan fingerprint density at radius 3 is 2.61 bits per heavy atom. The van der Waals surface area contributed by atoms with Crippen LogP contribution in [0, 0.1) is 28.7 Å². The van der Waals surface area contributed by atoms with Gasteiger partial charge in [-0.2, -0.15) is 0 Å². The van der Waals surface area contributed by atoms with Gasteiger partial charge in [0.2, 0.25) is 0 Å². The number of amides is 1. The number of nitro groups is 1. The van der Waals surface area contributed by atoms with E-state index in [-0.39, 0.29) is 17.6 Å². The summed E-state index contributed by atoms with van der Waals surface area (Å²) in [7, 11) is 0. The zero-order valence-corrected chi connectivity index (χ0v) is 15.7. The molecule has 1 aliphatic heterocycles. The lowest BCUT2D eigenvalue weighted by molar-refractivity contribution is -0.385. The van der Waals surface area contributed by atoms with Crippen LogP contribution in [0.1, 0.15) is 28.4 Å². The van der Waals surface area contributed by atoms with Gasteiger partial charge in [-0.1, -0.05) is 6.07 Å². The molecule has 148 valence electrons. The number of hydrogen-bond acceptors (Lipinski definition) is 4. The summed E-state index contributed by atoms with van der Waals surface area (Å²) in [5, 5.41) is 11.1. The summed E-state index contributed by atoms with van der Waals surface area (Å²) >= 11 is 0. The molecule has 2 aromatic rings. The van der Waals surface area contributed by atoms with Crippen LogP contribution in [0.5, 0.6) is 0 Å². The van der Waals surface area contributed by atoms with Crippen LogP contribution in [-0.4, -0.2) is 46.3 Å². The molecular weight excluding hydrogens is 368 g/mol. The van der Waals surface area contributed by atoms with Crippen molar-refractivity contribution in [3.05, 3.63) is 74.8 Å². The van der Waals surface area contributed by atoms with E-state index in [0.29, 0.717) is 42.9 Å². The maximum atomic E-state index is 13.8. The fourth-order valence-corrected chi connectivity index (χ4v) is 3.58. The van der Waals surface area contributed by atoms with Crippen molar-refractivity contribution in [1.29, 1.82) is 0 Å². The van der Waals surface area contributed by atoms with Gasteiger partial charge in [-0.05, 0) is 43.7 Å². The summed E-state index contributed by atoms with van der Waals surface area (Å²) in [6, 6.07) is 7.71. The van der Waals surface area contributed by atoms with Crippen molar-refractivity contribution in [1.82, 2.24) is 9.80 Å². The van der Waals surface area contributed by atoms with Crippen molar-refractivity contribution in [3.8, 4) is 0 Å². The second kappa shape index (κ2) is 8.02. The van der Waals surface area contributed by atoms with Crippen molar-refractivity contribution in [2.75, 3.05) is 19.6 Å². The SMILES string of the molecule is Cc1c(CN2CCN(C(=O)c3cccc(F)c3)C(C)C2)cc(F)cc1[N+](=O)[O-]. The van der Waals surface area contributed by atoms with E-state index >= 15 is 0 Å². The molecule has 1 unspecified atom stereocenters. The molecule has 1 amide bonds. The minimum atomic E-state index is -0.639. The highest BCUT2D eigenvalue weighted by Crippen LogP contribution is 2.25. The van der Waals surface area contributed by atoms with Gasteiger partial charge in [0.1, 0.15) is 11.6 Å². The fourth-order valence-electron chi connectivity index (χ4n) is 3.58. The standard InChI is InChI=1S/C20H21F2N3O3/c1-13-11-23(12-16-9-18(22)10-19(14(16)2)25(27)28)6-7-24(13)20(26)15-4-3-5-17(21)8-15/h3-5,8-10,13H,6-7,11-12H2,1-2H3. The molecule has 6 nitrogen and oxygen atoms in total. The first-order chi connectivity index (χ1) is 13.3. The van der Waals surface area contributed by atoms with Crippen LogP contribution in [0.25, 0.3) is 0 Å². The first kappa shape index (κ1) is 19.9. The Morgan fingerprint density at radius 1 is 1.21 bits per heavy atom. The largest absolute Gasteiger partial charge is 0.333 e. The highest BCUT2D eigenvalue weighted by Gasteiger charge is 2.29. The number of nitrogens with zero attached hydrogens (tertiary/aromatic N) is 3. The smallest absolute Gasteiger partial charge is 0.275 e. The van der Waals surface area contributed by atoms with Gasteiger partial charge >= 0.3 is 0 Å². The van der Waals surface area contributed by atoms with Crippen LogP contribution < -0.4 is 0 Å². The molecule has 1 saturated heterocycles. The van der Waals surface area contributed by atoms with Crippen LogP contribution in [0.4, 0.5) is 14.5 Å². The van der Waals surface area contributed by atoms with Gasteiger partial charge in [0.25, 0.3) is 11.6 Å². The van der Waals surface area contributed by atoms with Gasteiger partial charge in [-0.15, -0.1) is 0 Å². The summed E-state index contributed by atoms with van der Waals surface area (Å²) < 4.78 is 27.2. The summed E-state index contributed by atoms with van der Waals surface area (Å²) in [4.78, 5) is 26.9. The van der Waals surface area contributed by atoms with E-state index in [2.05, 4.69) is 0 Å². The predicted molar refractivity (Wildman–Crippen MR) is 100.0 cm³/mol. The Balaban J connectivity index is 1.71. The van der Waals surface area contributed by atoms with E-state index in [0.717, 1.165) is 6.07 Å². The summed E-state index contributed by atoms with van der Waals surface area (Å²) in [6.07, 6.45) is 0. The van der Waals surface area contributed by atoms with E-state index in [1.54, 1.807) is 17.9 Å². The minimum Gasteiger partial charge on any atom is -0.333 e. The van der Waals surface area contributed by atoms with Gasteiger partial charge in [0.15, 0.2) is 0 Å². The normalized spacial score (nSPS) is 17.6. The minimum absolute atomic E-state index is 0.131. The highest BCUT2D eigenvalue weighted by atomic mass is 19.1. The fraction of sp³-hybridized carbons (Fsp3) is 0.350. The van der Waals surface area contributed by atoms with Crippen molar-refractivity contribution in [2.24, 2.45) is 0 Å². The van der Waals surface area contributed by atoms with E-state index in [4.69, 9.17) is 0 Å². The number of hydrogen-bond donors (Lipinski definition) is 0. The molecule has 1 aliphatic rings. The Labute approximate surface area is 161 Å². The van der Waals surface area contributed by atoms with Crippen molar-refractivity contribution >= 4 is 11.6 Å². The molecule has 0 radical (unpaired) electrons. The number of rotatable bonds is 4. The number of benzene rings is 2. The third kappa shape index (κ3) is 4.17. The second-order valence-electron chi connectivity index (χ2n) is 7.06. The van der Waals surface area contributed by atoms with Crippen LogP contribution in [-0.2, 0) is 6.54 Å². The van der Waals surface area contributed by atoms with Crippen molar-refractivity contribution in [3.63, 3.8) is 0 Å². The molecule has 1 fully saturated rings. The lowest BCUT2D eigenvalue weighted by Gasteiger charge is -2.40. The predicted octanol–water partition coefficient (Wildman–Crippen LogP) is 3.53. The molecule has 1 atom stereocenters. The van der Waals surface area contributed by atoms with Gasteiger partial charge in [-0.3, -0.25) is 19.8 Å². The van der Waals surface area contributed by atoms with Gasteiger partial charge in [0.05, 0.1) is 11.0 Å². The summed E-state index contributed by atoms with van der Waals surface area (Å²) in [5.74, 6) is -1.33. The van der Waals surface area contributed by atoms with Crippen LogP contribution >= 0.6 is 0 Å². The topological polar surface area (TPSA) is 66.7 Å². The molecule has 28 heavy (non-hydrogen) atoms. The summed E-state index contributed by atoms with van der Waals surface area (Å²) in [5.41, 5.74) is 1.07. The zero-order chi connectivity index (χ0) is 20.4. The molecule has 0 N–H and O–H groups in total. The number of carbonyl (C=O) groups excluding carboxylic acids is 1. The van der Waals surface area contributed by atoms with Crippen LogP contribution in [0.15, 0.2) is 36.4 Å². The Bertz CT molecular complexity index is 920. The maximum Gasteiger partial charge on any atom is 0.275 e. The first-order valence-electron chi connectivity index (χ1n) is 8.98. The third-order valence-electron chi connectivity index (χ3n) is 5.09. The molecule has 0 saturated carbocycles. The quantitative estimate of drug-likeness (QED) is 0.593. The molecular formula is C20H21F2N3O3. The maximum absolute atomic E-state index is 13.8. The molecule has 2 aromatic carbocycles. The number of nitro benzene ring substituents is 1. The molecule has 0 aromatic heterocycles. The van der Waals surface area contributed by atoms with E-state index in [1.165, 1.54) is 24.3 Å². The van der Waals surface area contributed by atoms with E-state index in [1.807, 2.05) is 11.8 Å². The van der Waals surface area contributed by atoms with Crippen molar-refractivity contribution in [2.45, 2.75) is 26.4 Å². The Morgan fingerprint density at radius 2 is 1.96 bits per heavy atom. The van der Waals surface area contributed by atoms with Crippen molar-refractivity contribution < 1.29 is 18.5 Å². The molecule has 1 heterocycles. The lowest BCUT2D eigenvalue weighted by atomic mass is 10.0. The van der Waals surface area contributed by atoms with Gasteiger partial charge < -0.3 is 4.90 Å². The average molecular weight is 389 g/mol. The summed E-state index contributed by atoms with van der Waals surface area (Å²) in [6.45, 7) is 5.37. The Hall–Kier alpha value is -2.87. The number of piperazine rings is 1. The molecule has 8 heteroatoms.